The lowest BCUT2D eigenvalue weighted by Gasteiger charge is -2.16. The van der Waals surface area contributed by atoms with Gasteiger partial charge in [0.15, 0.2) is 0 Å². The number of rotatable bonds is 3. The highest BCUT2D eigenvalue weighted by Gasteiger charge is 2.13. The fourth-order valence-corrected chi connectivity index (χ4v) is 2.83. The summed E-state index contributed by atoms with van der Waals surface area (Å²) in [6.07, 6.45) is 0. The second-order valence-electron chi connectivity index (χ2n) is 3.96. The number of hydrogen-bond donors (Lipinski definition) is 1. The SMILES string of the molecule is CN(Cc1ccc(Cl)cc1)C(=O)c1cc(S)cs1. The van der Waals surface area contributed by atoms with E-state index in [0.717, 1.165) is 10.5 Å². The van der Waals surface area contributed by atoms with Gasteiger partial charge in [-0.3, -0.25) is 4.79 Å². The molecule has 2 aromatic rings. The summed E-state index contributed by atoms with van der Waals surface area (Å²) in [6, 6.07) is 9.28. The van der Waals surface area contributed by atoms with Gasteiger partial charge in [0.25, 0.3) is 5.91 Å². The monoisotopic (exact) mass is 297 g/mol. The Labute approximate surface area is 121 Å². The third-order valence-corrected chi connectivity index (χ3v) is 4.08. The molecule has 2 rings (SSSR count). The van der Waals surface area contributed by atoms with E-state index in [1.165, 1.54) is 11.3 Å². The van der Waals surface area contributed by atoms with Crippen molar-refractivity contribution in [1.82, 2.24) is 4.90 Å². The Bertz CT molecular complexity index is 550. The van der Waals surface area contributed by atoms with Crippen LogP contribution in [0, 0.1) is 0 Å². The van der Waals surface area contributed by atoms with E-state index in [4.69, 9.17) is 11.6 Å². The van der Waals surface area contributed by atoms with Crippen molar-refractivity contribution in [2.45, 2.75) is 11.4 Å². The maximum absolute atomic E-state index is 12.1. The molecule has 1 aromatic heterocycles. The van der Waals surface area contributed by atoms with Crippen LogP contribution in [0.2, 0.25) is 5.02 Å². The number of carbonyl (C=O) groups is 1. The molecule has 18 heavy (non-hydrogen) atoms. The second-order valence-corrected chi connectivity index (χ2v) is 5.82. The summed E-state index contributed by atoms with van der Waals surface area (Å²) in [4.78, 5) is 15.3. The Kier molecular flexibility index (Phi) is 4.32. The third kappa shape index (κ3) is 3.28. The Hall–Kier alpha value is -0.970. The van der Waals surface area contributed by atoms with Crippen molar-refractivity contribution < 1.29 is 4.79 Å². The van der Waals surface area contributed by atoms with Crippen LogP contribution < -0.4 is 0 Å². The predicted octanol–water partition coefficient (Wildman–Crippen LogP) is 3.96. The number of thiophene rings is 1. The van der Waals surface area contributed by atoms with Crippen LogP contribution in [0.15, 0.2) is 40.6 Å². The van der Waals surface area contributed by atoms with E-state index >= 15 is 0 Å². The molecule has 5 heteroatoms. The molecule has 2 nitrogen and oxygen atoms in total. The summed E-state index contributed by atoms with van der Waals surface area (Å²) in [5.41, 5.74) is 1.05. The number of carbonyl (C=O) groups excluding carboxylic acids is 1. The van der Waals surface area contributed by atoms with Crippen LogP contribution in [0.1, 0.15) is 15.2 Å². The smallest absolute Gasteiger partial charge is 0.264 e. The van der Waals surface area contributed by atoms with Gasteiger partial charge >= 0.3 is 0 Å². The molecule has 94 valence electrons. The summed E-state index contributed by atoms with van der Waals surface area (Å²) >= 11 is 11.4. The quantitative estimate of drug-likeness (QED) is 0.850. The largest absolute Gasteiger partial charge is 0.337 e. The minimum atomic E-state index is 0.00949. The predicted molar refractivity (Wildman–Crippen MR) is 78.8 cm³/mol. The summed E-state index contributed by atoms with van der Waals surface area (Å²) in [5.74, 6) is 0.00949. The van der Waals surface area contributed by atoms with Crippen molar-refractivity contribution in [2.24, 2.45) is 0 Å². The molecule has 0 bridgehead atoms. The Morgan fingerprint density at radius 3 is 2.61 bits per heavy atom. The summed E-state index contributed by atoms with van der Waals surface area (Å²) in [5, 5.41) is 2.55. The van der Waals surface area contributed by atoms with Crippen molar-refractivity contribution in [1.29, 1.82) is 0 Å². The molecule has 0 unspecified atom stereocenters. The maximum Gasteiger partial charge on any atom is 0.264 e. The zero-order valence-electron chi connectivity index (χ0n) is 9.76. The molecule has 0 saturated heterocycles. The van der Waals surface area contributed by atoms with E-state index in [-0.39, 0.29) is 5.91 Å². The fourth-order valence-electron chi connectivity index (χ4n) is 1.56. The molecule has 1 aromatic carbocycles. The fraction of sp³-hybridized carbons (Fsp3) is 0.154. The van der Waals surface area contributed by atoms with Crippen LogP contribution in [-0.2, 0) is 6.54 Å². The van der Waals surface area contributed by atoms with E-state index in [0.29, 0.717) is 16.4 Å². The van der Waals surface area contributed by atoms with Gasteiger partial charge in [-0.25, -0.2) is 0 Å². The Morgan fingerprint density at radius 1 is 1.39 bits per heavy atom. The summed E-state index contributed by atoms with van der Waals surface area (Å²) < 4.78 is 0. The van der Waals surface area contributed by atoms with Gasteiger partial charge < -0.3 is 4.90 Å². The maximum atomic E-state index is 12.1. The molecule has 0 aliphatic carbocycles. The number of nitrogens with zero attached hydrogens (tertiary/aromatic N) is 1. The molecule has 0 saturated carbocycles. The van der Waals surface area contributed by atoms with Gasteiger partial charge in [0.05, 0.1) is 4.88 Å². The van der Waals surface area contributed by atoms with Gasteiger partial charge in [0.1, 0.15) is 0 Å². The van der Waals surface area contributed by atoms with Gasteiger partial charge in [-0.1, -0.05) is 23.7 Å². The Balaban J connectivity index is 2.05. The topological polar surface area (TPSA) is 20.3 Å². The first-order valence-corrected chi connectivity index (χ1v) is 7.04. The summed E-state index contributed by atoms with van der Waals surface area (Å²) in [6.45, 7) is 0.565. The molecule has 0 aliphatic rings. The highest BCUT2D eigenvalue weighted by atomic mass is 35.5. The van der Waals surface area contributed by atoms with Gasteiger partial charge in [0, 0.05) is 28.9 Å². The van der Waals surface area contributed by atoms with Crippen molar-refractivity contribution in [3.05, 3.63) is 51.2 Å². The molecule has 1 heterocycles. The number of halogens is 1. The number of benzene rings is 1. The van der Waals surface area contributed by atoms with Gasteiger partial charge in [0.2, 0.25) is 0 Å². The van der Waals surface area contributed by atoms with Gasteiger partial charge in [-0.2, -0.15) is 0 Å². The van der Waals surface area contributed by atoms with Crippen molar-refractivity contribution in [3.8, 4) is 0 Å². The van der Waals surface area contributed by atoms with Crippen molar-refractivity contribution in [3.63, 3.8) is 0 Å². The molecule has 0 N–H and O–H groups in total. The molecule has 0 atom stereocenters. The average Bonchev–Trinajstić information content (AvgIpc) is 2.78. The normalized spacial score (nSPS) is 10.4. The van der Waals surface area contributed by atoms with Gasteiger partial charge in [-0.15, -0.1) is 24.0 Å². The lowest BCUT2D eigenvalue weighted by atomic mass is 10.2. The molecule has 0 aliphatic heterocycles. The minimum absolute atomic E-state index is 0.00949. The van der Waals surface area contributed by atoms with E-state index < -0.39 is 0 Å². The Morgan fingerprint density at radius 2 is 2.06 bits per heavy atom. The highest BCUT2D eigenvalue weighted by molar-refractivity contribution is 7.80. The first-order chi connectivity index (χ1) is 8.56. The highest BCUT2D eigenvalue weighted by Crippen LogP contribution is 2.20. The van der Waals surface area contributed by atoms with Crippen LogP contribution in [0.4, 0.5) is 0 Å². The van der Waals surface area contributed by atoms with Crippen molar-refractivity contribution in [2.75, 3.05) is 7.05 Å². The zero-order chi connectivity index (χ0) is 13.1. The zero-order valence-corrected chi connectivity index (χ0v) is 12.2. The number of thiol groups is 1. The first-order valence-electron chi connectivity index (χ1n) is 5.33. The van der Waals surface area contributed by atoms with Crippen LogP contribution >= 0.6 is 35.6 Å². The molecule has 0 fully saturated rings. The first kappa shape index (κ1) is 13.5. The van der Waals surface area contributed by atoms with E-state index in [9.17, 15) is 4.79 Å². The summed E-state index contributed by atoms with van der Waals surface area (Å²) in [7, 11) is 1.79. The van der Waals surface area contributed by atoms with Crippen molar-refractivity contribution >= 4 is 41.5 Å². The van der Waals surface area contributed by atoms with Crippen LogP contribution in [0.5, 0.6) is 0 Å². The molecule has 1 amide bonds. The van der Waals surface area contributed by atoms with Gasteiger partial charge in [-0.05, 0) is 23.8 Å². The number of hydrogen-bond acceptors (Lipinski definition) is 3. The lowest BCUT2D eigenvalue weighted by molar-refractivity contribution is 0.0790. The average molecular weight is 298 g/mol. The third-order valence-electron chi connectivity index (χ3n) is 2.48. The van der Waals surface area contributed by atoms with Crippen LogP contribution in [0.3, 0.4) is 0 Å². The number of amides is 1. The minimum Gasteiger partial charge on any atom is -0.337 e. The second kappa shape index (κ2) is 5.78. The van der Waals surface area contributed by atoms with Crippen LogP contribution in [-0.4, -0.2) is 17.9 Å². The lowest BCUT2D eigenvalue weighted by Crippen LogP contribution is -2.25. The molecule has 0 spiro atoms. The molecular formula is C13H12ClNOS2. The molecular weight excluding hydrogens is 286 g/mol. The van der Waals surface area contributed by atoms with E-state index in [1.807, 2.05) is 29.6 Å². The van der Waals surface area contributed by atoms with E-state index in [1.54, 1.807) is 18.0 Å². The standard InChI is InChI=1S/C13H12ClNOS2/c1-15(7-9-2-4-10(14)5-3-9)13(16)12-6-11(17)8-18-12/h2-6,8,17H,7H2,1H3. The molecule has 0 radical (unpaired) electrons. The van der Waals surface area contributed by atoms with Crippen LogP contribution in [0.25, 0.3) is 0 Å². The van der Waals surface area contributed by atoms with E-state index in [2.05, 4.69) is 12.6 Å².